The average Bonchev–Trinajstić information content (AvgIpc) is 2.73. The van der Waals surface area contributed by atoms with Gasteiger partial charge in [0.25, 0.3) is 5.91 Å². The van der Waals surface area contributed by atoms with Crippen LogP contribution in [0.4, 0.5) is 0 Å². The van der Waals surface area contributed by atoms with Crippen LogP contribution < -0.4 is 14.8 Å². The van der Waals surface area contributed by atoms with Crippen molar-refractivity contribution in [3.63, 3.8) is 0 Å². The number of carbonyl (C=O) groups excluding carboxylic acids is 1. The van der Waals surface area contributed by atoms with Crippen LogP contribution in [0.5, 0.6) is 11.5 Å². The smallest absolute Gasteiger partial charge is 0.255 e. The summed E-state index contributed by atoms with van der Waals surface area (Å²) in [5.74, 6) is 0.897. The first-order valence-electron chi connectivity index (χ1n) is 9.41. The van der Waals surface area contributed by atoms with Crippen molar-refractivity contribution in [2.75, 3.05) is 33.5 Å². The Labute approximate surface area is 160 Å². The number of hydrogen-bond donors (Lipinski definition) is 1. The van der Waals surface area contributed by atoms with Crippen LogP contribution in [0.1, 0.15) is 35.7 Å². The minimum Gasteiger partial charge on any atom is -0.493 e. The number of hydrogen-bond acceptors (Lipinski definition) is 4. The quantitative estimate of drug-likeness (QED) is 0.811. The molecule has 0 aliphatic carbocycles. The predicted octanol–water partition coefficient (Wildman–Crippen LogP) is 3.57. The van der Waals surface area contributed by atoms with Crippen molar-refractivity contribution in [1.82, 2.24) is 5.32 Å². The van der Waals surface area contributed by atoms with Gasteiger partial charge in [-0.2, -0.15) is 0 Å². The van der Waals surface area contributed by atoms with Gasteiger partial charge in [0.2, 0.25) is 0 Å². The highest BCUT2D eigenvalue weighted by molar-refractivity contribution is 5.97. The number of amides is 1. The SMILES string of the molecule is CCOc1c(OC)cccc1C(=O)NCC1(c2ccccc2)CCOCC1. The Morgan fingerprint density at radius 2 is 1.85 bits per heavy atom. The van der Waals surface area contributed by atoms with Crippen LogP contribution in [0, 0.1) is 0 Å². The van der Waals surface area contributed by atoms with E-state index < -0.39 is 0 Å². The van der Waals surface area contributed by atoms with E-state index in [4.69, 9.17) is 14.2 Å². The number of rotatable bonds is 7. The molecule has 0 atom stereocenters. The molecule has 0 unspecified atom stereocenters. The monoisotopic (exact) mass is 369 g/mol. The molecule has 1 fully saturated rings. The van der Waals surface area contributed by atoms with Crippen molar-refractivity contribution < 1.29 is 19.0 Å². The lowest BCUT2D eigenvalue weighted by Crippen LogP contribution is -2.44. The third-order valence-corrected chi connectivity index (χ3v) is 5.16. The Hall–Kier alpha value is -2.53. The van der Waals surface area contributed by atoms with Crippen molar-refractivity contribution in [1.29, 1.82) is 0 Å². The van der Waals surface area contributed by atoms with E-state index in [1.54, 1.807) is 25.3 Å². The van der Waals surface area contributed by atoms with Crippen molar-refractivity contribution in [2.24, 2.45) is 0 Å². The zero-order chi connectivity index (χ0) is 19.1. The van der Waals surface area contributed by atoms with Crippen LogP contribution in [0.25, 0.3) is 0 Å². The standard InChI is InChI=1S/C22H27NO4/c1-3-27-20-18(10-7-11-19(20)25-2)21(24)23-16-22(12-14-26-15-13-22)17-8-5-4-6-9-17/h4-11H,3,12-16H2,1-2H3,(H,23,24). The lowest BCUT2D eigenvalue weighted by atomic mass is 9.74. The minimum absolute atomic E-state index is 0.111. The van der Waals surface area contributed by atoms with Crippen molar-refractivity contribution in [3.8, 4) is 11.5 Å². The first-order chi connectivity index (χ1) is 13.2. The Morgan fingerprint density at radius 1 is 1.11 bits per heavy atom. The van der Waals surface area contributed by atoms with Crippen molar-refractivity contribution >= 4 is 5.91 Å². The Kier molecular flexibility index (Phi) is 6.35. The normalized spacial score (nSPS) is 15.8. The second kappa shape index (κ2) is 8.91. The van der Waals surface area contributed by atoms with E-state index in [9.17, 15) is 4.79 Å². The first-order valence-corrected chi connectivity index (χ1v) is 9.41. The van der Waals surface area contributed by atoms with Gasteiger partial charge in [-0.1, -0.05) is 36.4 Å². The summed E-state index contributed by atoms with van der Waals surface area (Å²) in [6.45, 7) is 4.32. The molecule has 1 aliphatic heterocycles. The highest BCUT2D eigenvalue weighted by Crippen LogP contribution is 2.35. The second-order valence-corrected chi connectivity index (χ2v) is 6.71. The van der Waals surface area contributed by atoms with Crippen molar-refractivity contribution in [3.05, 3.63) is 59.7 Å². The van der Waals surface area contributed by atoms with Gasteiger partial charge in [-0.05, 0) is 37.5 Å². The summed E-state index contributed by atoms with van der Waals surface area (Å²) in [6.07, 6.45) is 1.77. The fourth-order valence-corrected chi connectivity index (χ4v) is 3.61. The van der Waals surface area contributed by atoms with E-state index in [1.165, 1.54) is 5.56 Å². The molecule has 27 heavy (non-hydrogen) atoms. The van der Waals surface area contributed by atoms with E-state index in [1.807, 2.05) is 25.1 Å². The molecule has 1 heterocycles. The summed E-state index contributed by atoms with van der Waals surface area (Å²) in [5.41, 5.74) is 1.62. The molecule has 2 aromatic rings. The molecule has 5 nitrogen and oxygen atoms in total. The molecule has 0 aromatic heterocycles. The van der Waals surface area contributed by atoms with Crippen LogP contribution in [0.15, 0.2) is 48.5 Å². The van der Waals surface area contributed by atoms with Crippen LogP contribution in [-0.4, -0.2) is 39.4 Å². The number of carbonyl (C=O) groups is 1. The summed E-state index contributed by atoms with van der Waals surface area (Å²) < 4.78 is 16.6. The van der Waals surface area contributed by atoms with E-state index in [2.05, 4.69) is 17.4 Å². The van der Waals surface area contributed by atoms with Gasteiger partial charge in [-0.3, -0.25) is 4.79 Å². The summed E-state index contributed by atoms with van der Waals surface area (Å²) >= 11 is 0. The molecule has 3 rings (SSSR count). The fourth-order valence-electron chi connectivity index (χ4n) is 3.61. The third kappa shape index (κ3) is 4.25. The highest BCUT2D eigenvalue weighted by Gasteiger charge is 2.35. The van der Waals surface area contributed by atoms with Gasteiger partial charge in [0.15, 0.2) is 11.5 Å². The molecule has 144 valence electrons. The molecule has 0 spiro atoms. The number of methoxy groups -OCH3 is 1. The van der Waals surface area contributed by atoms with Gasteiger partial charge in [-0.25, -0.2) is 0 Å². The summed E-state index contributed by atoms with van der Waals surface area (Å²) in [4.78, 5) is 12.9. The van der Waals surface area contributed by atoms with E-state index in [-0.39, 0.29) is 11.3 Å². The maximum Gasteiger partial charge on any atom is 0.255 e. The Morgan fingerprint density at radius 3 is 2.52 bits per heavy atom. The molecule has 0 radical (unpaired) electrons. The summed E-state index contributed by atoms with van der Waals surface area (Å²) in [5, 5.41) is 3.13. The van der Waals surface area contributed by atoms with Crippen LogP contribution in [-0.2, 0) is 10.2 Å². The first kappa shape index (κ1) is 19.2. The molecular formula is C22H27NO4. The maximum absolute atomic E-state index is 12.9. The lowest BCUT2D eigenvalue weighted by Gasteiger charge is -2.38. The number of benzene rings is 2. The highest BCUT2D eigenvalue weighted by atomic mass is 16.5. The average molecular weight is 369 g/mol. The van der Waals surface area contributed by atoms with Gasteiger partial charge < -0.3 is 19.5 Å². The number of nitrogens with one attached hydrogen (secondary N) is 1. The molecule has 1 N–H and O–H groups in total. The molecular weight excluding hydrogens is 342 g/mol. The Bertz CT molecular complexity index is 754. The molecule has 0 saturated carbocycles. The van der Waals surface area contributed by atoms with Gasteiger partial charge in [0.05, 0.1) is 19.3 Å². The number of ether oxygens (including phenoxy) is 3. The molecule has 1 saturated heterocycles. The zero-order valence-electron chi connectivity index (χ0n) is 16.0. The van der Waals surface area contributed by atoms with Gasteiger partial charge in [0, 0.05) is 25.2 Å². The van der Waals surface area contributed by atoms with Crippen LogP contribution in [0.3, 0.4) is 0 Å². The molecule has 1 amide bonds. The molecule has 2 aromatic carbocycles. The topological polar surface area (TPSA) is 56.8 Å². The molecule has 5 heteroatoms. The van der Waals surface area contributed by atoms with Crippen LogP contribution in [0.2, 0.25) is 0 Å². The molecule has 1 aliphatic rings. The van der Waals surface area contributed by atoms with Gasteiger partial charge in [0.1, 0.15) is 0 Å². The fraction of sp³-hybridized carbons (Fsp3) is 0.409. The second-order valence-electron chi connectivity index (χ2n) is 6.71. The summed E-state index contributed by atoms with van der Waals surface area (Å²) in [6, 6.07) is 15.7. The lowest BCUT2D eigenvalue weighted by molar-refractivity contribution is 0.0487. The van der Waals surface area contributed by atoms with Gasteiger partial charge >= 0.3 is 0 Å². The van der Waals surface area contributed by atoms with E-state index in [0.29, 0.717) is 43.4 Å². The largest absolute Gasteiger partial charge is 0.493 e. The zero-order valence-corrected chi connectivity index (χ0v) is 16.0. The van der Waals surface area contributed by atoms with E-state index in [0.717, 1.165) is 12.8 Å². The third-order valence-electron chi connectivity index (χ3n) is 5.16. The summed E-state index contributed by atoms with van der Waals surface area (Å²) in [7, 11) is 1.58. The van der Waals surface area contributed by atoms with E-state index >= 15 is 0 Å². The molecule has 0 bridgehead atoms. The van der Waals surface area contributed by atoms with Crippen molar-refractivity contribution in [2.45, 2.75) is 25.2 Å². The number of para-hydroxylation sites is 1. The minimum atomic E-state index is -0.154. The maximum atomic E-state index is 12.9. The predicted molar refractivity (Wildman–Crippen MR) is 105 cm³/mol. The van der Waals surface area contributed by atoms with Crippen LogP contribution >= 0.6 is 0 Å². The Balaban J connectivity index is 1.81. The van der Waals surface area contributed by atoms with Gasteiger partial charge in [-0.15, -0.1) is 0 Å².